The third-order valence-corrected chi connectivity index (χ3v) is 8.11. The molecule has 2 amide bonds. The van der Waals surface area contributed by atoms with E-state index >= 15 is 0 Å². The number of rotatable bonds is 6. The van der Waals surface area contributed by atoms with Crippen molar-refractivity contribution in [1.82, 2.24) is 14.1 Å². The van der Waals surface area contributed by atoms with Crippen LogP contribution in [0.4, 0.5) is 0 Å². The molecule has 0 N–H and O–H groups in total. The van der Waals surface area contributed by atoms with Crippen molar-refractivity contribution in [2.75, 3.05) is 32.8 Å². The van der Waals surface area contributed by atoms with Gasteiger partial charge >= 0.3 is 0 Å². The molecule has 1 fully saturated rings. The molecule has 1 unspecified atom stereocenters. The van der Waals surface area contributed by atoms with Crippen molar-refractivity contribution in [2.45, 2.75) is 31.2 Å². The minimum atomic E-state index is -3.65. The number of carbonyl (C=O) groups excluding carboxylic acids is 2. The van der Waals surface area contributed by atoms with E-state index in [1.807, 2.05) is 37.3 Å². The van der Waals surface area contributed by atoms with Crippen LogP contribution in [-0.4, -0.2) is 67.1 Å². The monoisotopic (exact) mass is 483 g/mol. The summed E-state index contributed by atoms with van der Waals surface area (Å²) in [5, 5.41) is 0. The molecule has 0 bridgehead atoms. The van der Waals surface area contributed by atoms with Gasteiger partial charge in [-0.1, -0.05) is 24.3 Å². The normalized spacial score (nSPS) is 18.5. The zero-order valence-corrected chi connectivity index (χ0v) is 20.2. The van der Waals surface area contributed by atoms with Gasteiger partial charge in [0, 0.05) is 39.3 Å². The predicted molar refractivity (Wildman–Crippen MR) is 128 cm³/mol. The molecule has 2 aliphatic heterocycles. The van der Waals surface area contributed by atoms with Crippen LogP contribution in [-0.2, 0) is 19.6 Å². The van der Waals surface area contributed by atoms with Gasteiger partial charge in [0.25, 0.3) is 0 Å². The van der Waals surface area contributed by atoms with Crippen LogP contribution in [0, 0.1) is 0 Å². The highest BCUT2D eigenvalue weighted by atomic mass is 32.2. The second-order valence-electron chi connectivity index (χ2n) is 8.28. The molecule has 8 nitrogen and oxygen atoms in total. The van der Waals surface area contributed by atoms with Crippen LogP contribution in [0.5, 0.6) is 5.75 Å². The highest BCUT2D eigenvalue weighted by molar-refractivity contribution is 7.89. The van der Waals surface area contributed by atoms with Gasteiger partial charge in [-0.05, 0) is 48.4 Å². The van der Waals surface area contributed by atoms with E-state index in [-0.39, 0.29) is 42.3 Å². The van der Waals surface area contributed by atoms with Crippen LogP contribution >= 0.6 is 0 Å². The number of hydrogen-bond donors (Lipinski definition) is 0. The SMILES string of the molecule is CCOc1ccc(S(=O)(=O)N2CCN(C(=O)CC3c4ccccc4C=CN3C(C)=O)CC2)cc1. The van der Waals surface area contributed by atoms with Crippen LogP contribution in [0.15, 0.2) is 59.6 Å². The first kappa shape index (κ1) is 24.0. The summed E-state index contributed by atoms with van der Waals surface area (Å²) < 4.78 is 32.9. The molecule has 2 heterocycles. The Labute approximate surface area is 200 Å². The molecule has 1 atom stereocenters. The van der Waals surface area contributed by atoms with Gasteiger partial charge in [-0.15, -0.1) is 0 Å². The number of benzene rings is 2. The highest BCUT2D eigenvalue weighted by Gasteiger charge is 2.33. The summed E-state index contributed by atoms with van der Waals surface area (Å²) >= 11 is 0. The van der Waals surface area contributed by atoms with Gasteiger partial charge in [-0.3, -0.25) is 9.59 Å². The van der Waals surface area contributed by atoms with Gasteiger partial charge < -0.3 is 14.5 Å². The second-order valence-corrected chi connectivity index (χ2v) is 10.2. The van der Waals surface area contributed by atoms with E-state index in [0.717, 1.165) is 11.1 Å². The quantitative estimate of drug-likeness (QED) is 0.631. The lowest BCUT2D eigenvalue weighted by Crippen LogP contribution is -2.51. The van der Waals surface area contributed by atoms with E-state index in [1.54, 1.807) is 40.3 Å². The van der Waals surface area contributed by atoms with Gasteiger partial charge in [-0.25, -0.2) is 8.42 Å². The van der Waals surface area contributed by atoms with Gasteiger partial charge in [0.2, 0.25) is 21.8 Å². The van der Waals surface area contributed by atoms with Crippen LogP contribution in [0.1, 0.15) is 37.4 Å². The van der Waals surface area contributed by atoms with Crippen molar-refractivity contribution >= 4 is 27.9 Å². The number of hydrogen-bond acceptors (Lipinski definition) is 5. The van der Waals surface area contributed by atoms with Gasteiger partial charge in [0.1, 0.15) is 5.75 Å². The van der Waals surface area contributed by atoms with Gasteiger partial charge in [-0.2, -0.15) is 4.31 Å². The number of carbonyl (C=O) groups is 2. The Balaban J connectivity index is 1.41. The Morgan fingerprint density at radius 2 is 1.68 bits per heavy atom. The second kappa shape index (κ2) is 9.99. The summed E-state index contributed by atoms with van der Waals surface area (Å²) in [4.78, 5) is 28.8. The summed E-state index contributed by atoms with van der Waals surface area (Å²) in [6.07, 6.45) is 3.75. The van der Waals surface area contributed by atoms with Crippen LogP contribution < -0.4 is 4.74 Å². The van der Waals surface area contributed by atoms with Crippen molar-refractivity contribution in [3.8, 4) is 5.75 Å². The maximum Gasteiger partial charge on any atom is 0.243 e. The van der Waals surface area contributed by atoms with Crippen molar-refractivity contribution < 1.29 is 22.7 Å². The standard InChI is InChI=1S/C25H29N3O5S/c1-3-33-21-8-10-22(11-9-21)34(31,32)27-16-14-26(15-17-27)25(30)18-24-23-7-5-4-6-20(23)12-13-28(24)19(2)29/h4-13,24H,3,14-18H2,1-2H3. The first-order chi connectivity index (χ1) is 16.3. The van der Waals surface area contributed by atoms with E-state index in [1.165, 1.54) is 11.2 Å². The molecule has 2 aromatic carbocycles. The van der Waals surface area contributed by atoms with Crippen molar-refractivity contribution in [3.05, 3.63) is 65.9 Å². The Hall–Kier alpha value is -3.17. The molecule has 2 aromatic rings. The van der Waals surface area contributed by atoms with E-state index < -0.39 is 10.0 Å². The fourth-order valence-electron chi connectivity index (χ4n) is 4.41. The largest absolute Gasteiger partial charge is 0.494 e. The highest BCUT2D eigenvalue weighted by Crippen LogP contribution is 2.33. The van der Waals surface area contributed by atoms with Gasteiger partial charge in [0.15, 0.2) is 0 Å². The molecule has 2 aliphatic rings. The fourth-order valence-corrected chi connectivity index (χ4v) is 5.83. The molecule has 0 aliphatic carbocycles. The third-order valence-electron chi connectivity index (χ3n) is 6.20. The van der Waals surface area contributed by atoms with E-state index in [0.29, 0.717) is 25.4 Å². The lowest BCUT2D eigenvalue weighted by atomic mass is 9.93. The minimum absolute atomic E-state index is 0.0977. The zero-order chi connectivity index (χ0) is 24.3. The molecule has 0 saturated carbocycles. The smallest absolute Gasteiger partial charge is 0.243 e. The molecule has 180 valence electrons. The number of piperazine rings is 1. The number of amides is 2. The number of nitrogens with zero attached hydrogens (tertiary/aromatic N) is 3. The fraction of sp³-hybridized carbons (Fsp3) is 0.360. The molecule has 0 spiro atoms. The molecule has 0 radical (unpaired) electrons. The van der Waals surface area contributed by atoms with E-state index in [2.05, 4.69) is 0 Å². The number of ether oxygens (including phenoxy) is 1. The number of sulfonamides is 1. The average Bonchev–Trinajstić information content (AvgIpc) is 2.84. The summed E-state index contributed by atoms with van der Waals surface area (Å²) in [7, 11) is -3.65. The summed E-state index contributed by atoms with van der Waals surface area (Å²) in [6, 6.07) is 13.7. The predicted octanol–water partition coefficient (Wildman–Crippen LogP) is 2.88. The third kappa shape index (κ3) is 4.85. The molecule has 34 heavy (non-hydrogen) atoms. The summed E-state index contributed by atoms with van der Waals surface area (Å²) in [5.41, 5.74) is 1.93. The van der Waals surface area contributed by atoms with Crippen LogP contribution in [0.25, 0.3) is 6.08 Å². The van der Waals surface area contributed by atoms with Gasteiger partial charge in [0.05, 0.1) is 24.0 Å². The van der Waals surface area contributed by atoms with Crippen molar-refractivity contribution in [3.63, 3.8) is 0 Å². The molecular formula is C25H29N3O5S. The Morgan fingerprint density at radius 3 is 2.32 bits per heavy atom. The number of fused-ring (bicyclic) bond motifs is 1. The van der Waals surface area contributed by atoms with E-state index in [9.17, 15) is 18.0 Å². The summed E-state index contributed by atoms with van der Waals surface area (Å²) in [5.74, 6) is 0.393. The Bertz CT molecular complexity index is 1190. The molecule has 9 heteroatoms. The first-order valence-electron chi connectivity index (χ1n) is 11.4. The topological polar surface area (TPSA) is 87.2 Å². The van der Waals surface area contributed by atoms with Crippen LogP contribution in [0.2, 0.25) is 0 Å². The maximum atomic E-state index is 13.2. The molecule has 4 rings (SSSR count). The zero-order valence-electron chi connectivity index (χ0n) is 19.4. The van der Waals surface area contributed by atoms with Crippen LogP contribution in [0.3, 0.4) is 0 Å². The first-order valence-corrected chi connectivity index (χ1v) is 12.8. The molecule has 0 aromatic heterocycles. The van der Waals surface area contributed by atoms with Crippen molar-refractivity contribution in [1.29, 1.82) is 0 Å². The minimum Gasteiger partial charge on any atom is -0.494 e. The van der Waals surface area contributed by atoms with Crippen molar-refractivity contribution in [2.24, 2.45) is 0 Å². The maximum absolute atomic E-state index is 13.2. The molecular weight excluding hydrogens is 454 g/mol. The average molecular weight is 484 g/mol. The lowest BCUT2D eigenvalue weighted by molar-refractivity contribution is -0.135. The Morgan fingerprint density at radius 1 is 1.00 bits per heavy atom. The summed E-state index contributed by atoms with van der Waals surface area (Å²) in [6.45, 7) is 4.92. The molecule has 1 saturated heterocycles. The lowest BCUT2D eigenvalue weighted by Gasteiger charge is -2.37. The van der Waals surface area contributed by atoms with E-state index in [4.69, 9.17) is 4.74 Å². The Kier molecular flexibility index (Phi) is 7.04.